The molecule has 0 aliphatic rings. The summed E-state index contributed by atoms with van der Waals surface area (Å²) >= 11 is 1.17. The molecule has 0 aromatic carbocycles. The largest absolute Gasteiger partial charge is 0.480 e. The Labute approximate surface area is 120 Å². The third-order valence-corrected chi connectivity index (χ3v) is 2.91. The van der Waals surface area contributed by atoms with E-state index in [0.717, 1.165) is 0 Å². The van der Waals surface area contributed by atoms with Crippen LogP contribution >= 0.6 is 11.3 Å². The number of hydrogen-bond acceptors (Lipinski definition) is 6. The number of carboxylic acid groups (broad SMARTS) is 1. The molecular weight excluding hydrogens is 282 g/mol. The first-order chi connectivity index (χ1) is 9.21. The first-order valence-electron chi connectivity index (χ1n) is 5.78. The number of hydrogen-bond donors (Lipinski definition) is 2. The zero-order chi connectivity index (χ0) is 15.3. The van der Waals surface area contributed by atoms with E-state index in [4.69, 9.17) is 15.1 Å². The standard InChI is InChI=1S/C12H15N3O4S/c1-12(2,3)19-11(18)15-8(10(16)17)4-9-14-7(5-13)6-20-9/h6,8H,4H2,1-3H3,(H,15,18)(H,16,17). The quantitative estimate of drug-likeness (QED) is 0.871. The van der Waals surface area contributed by atoms with Crippen molar-refractivity contribution in [2.45, 2.75) is 38.8 Å². The Kier molecular flexibility index (Phi) is 5.05. The Hall–Kier alpha value is -2.14. The lowest BCUT2D eigenvalue weighted by Gasteiger charge is -2.21. The van der Waals surface area contributed by atoms with Crippen molar-refractivity contribution in [3.63, 3.8) is 0 Å². The van der Waals surface area contributed by atoms with Gasteiger partial charge in [-0.25, -0.2) is 14.6 Å². The lowest BCUT2D eigenvalue weighted by Crippen LogP contribution is -2.44. The van der Waals surface area contributed by atoms with Crippen molar-refractivity contribution >= 4 is 23.4 Å². The van der Waals surface area contributed by atoms with Crippen molar-refractivity contribution in [1.29, 1.82) is 5.26 Å². The molecule has 0 saturated carbocycles. The SMILES string of the molecule is CC(C)(C)OC(=O)NC(Cc1nc(C#N)cs1)C(=O)O. The highest BCUT2D eigenvalue weighted by Gasteiger charge is 2.25. The third kappa shape index (κ3) is 5.24. The number of thiazole rings is 1. The molecule has 2 N–H and O–H groups in total. The van der Waals surface area contributed by atoms with E-state index >= 15 is 0 Å². The highest BCUT2D eigenvalue weighted by atomic mass is 32.1. The molecule has 108 valence electrons. The molecule has 1 atom stereocenters. The van der Waals surface area contributed by atoms with Crippen LogP contribution in [0, 0.1) is 11.3 Å². The topological polar surface area (TPSA) is 112 Å². The highest BCUT2D eigenvalue weighted by molar-refractivity contribution is 7.09. The summed E-state index contributed by atoms with van der Waals surface area (Å²) in [4.78, 5) is 26.6. The van der Waals surface area contributed by atoms with E-state index in [2.05, 4.69) is 10.3 Å². The van der Waals surface area contributed by atoms with Crippen LogP contribution in [0.3, 0.4) is 0 Å². The van der Waals surface area contributed by atoms with Gasteiger partial charge in [-0.3, -0.25) is 0 Å². The fourth-order valence-corrected chi connectivity index (χ4v) is 2.05. The molecule has 0 saturated heterocycles. The van der Waals surface area contributed by atoms with Crippen LogP contribution in [0.15, 0.2) is 5.38 Å². The molecule has 0 radical (unpaired) electrons. The van der Waals surface area contributed by atoms with Gasteiger partial charge in [0.2, 0.25) is 0 Å². The minimum absolute atomic E-state index is 0.000916. The molecule has 20 heavy (non-hydrogen) atoms. The zero-order valence-electron chi connectivity index (χ0n) is 11.3. The van der Waals surface area contributed by atoms with Crippen molar-refractivity contribution in [1.82, 2.24) is 10.3 Å². The Bertz CT molecular complexity index is 542. The van der Waals surface area contributed by atoms with Gasteiger partial charge in [-0.05, 0) is 20.8 Å². The molecule has 1 rings (SSSR count). The van der Waals surface area contributed by atoms with Crippen LogP contribution in [-0.4, -0.2) is 33.8 Å². The summed E-state index contributed by atoms with van der Waals surface area (Å²) in [5, 5.41) is 22.0. The Morgan fingerprint density at radius 2 is 2.25 bits per heavy atom. The Morgan fingerprint density at radius 3 is 2.70 bits per heavy atom. The molecule has 1 aromatic rings. The van der Waals surface area contributed by atoms with Crippen molar-refractivity contribution in [3.05, 3.63) is 16.1 Å². The minimum atomic E-state index is -1.19. The van der Waals surface area contributed by atoms with Gasteiger partial charge in [0.25, 0.3) is 0 Å². The van der Waals surface area contributed by atoms with Gasteiger partial charge in [-0.1, -0.05) is 0 Å². The van der Waals surface area contributed by atoms with Gasteiger partial charge in [0.1, 0.15) is 17.7 Å². The van der Waals surface area contributed by atoms with Crippen molar-refractivity contribution in [3.8, 4) is 6.07 Å². The predicted molar refractivity (Wildman–Crippen MR) is 71.3 cm³/mol. The van der Waals surface area contributed by atoms with Crippen molar-refractivity contribution < 1.29 is 19.4 Å². The number of nitrogens with one attached hydrogen (secondary N) is 1. The first kappa shape index (κ1) is 15.9. The second kappa shape index (κ2) is 6.34. The van der Waals surface area contributed by atoms with Gasteiger partial charge in [0, 0.05) is 11.8 Å². The maximum atomic E-state index is 11.6. The maximum absolute atomic E-state index is 11.6. The summed E-state index contributed by atoms with van der Waals surface area (Å²) in [5.74, 6) is -1.19. The van der Waals surface area contributed by atoms with Crippen LogP contribution in [0.2, 0.25) is 0 Å². The number of carbonyl (C=O) groups excluding carboxylic acids is 1. The summed E-state index contributed by atoms with van der Waals surface area (Å²) in [6, 6.07) is 0.711. The van der Waals surface area contributed by atoms with Crippen LogP contribution in [-0.2, 0) is 16.0 Å². The molecule has 7 nitrogen and oxygen atoms in total. The van der Waals surface area contributed by atoms with Gasteiger partial charge in [0.15, 0.2) is 5.69 Å². The Balaban J connectivity index is 2.68. The number of carboxylic acids is 1. The van der Waals surface area contributed by atoms with Gasteiger partial charge in [-0.15, -0.1) is 11.3 Å². The zero-order valence-corrected chi connectivity index (χ0v) is 12.2. The normalized spacial score (nSPS) is 12.3. The highest BCUT2D eigenvalue weighted by Crippen LogP contribution is 2.12. The van der Waals surface area contributed by atoms with E-state index in [-0.39, 0.29) is 12.1 Å². The molecule has 8 heteroatoms. The average Bonchev–Trinajstić information content (AvgIpc) is 2.73. The minimum Gasteiger partial charge on any atom is -0.480 e. The number of aliphatic carboxylic acids is 1. The number of amides is 1. The second-order valence-electron chi connectivity index (χ2n) is 4.98. The van der Waals surface area contributed by atoms with Crippen LogP contribution in [0.1, 0.15) is 31.5 Å². The van der Waals surface area contributed by atoms with Crippen LogP contribution in [0.4, 0.5) is 4.79 Å². The molecular formula is C12H15N3O4S. The van der Waals surface area contributed by atoms with E-state index in [9.17, 15) is 9.59 Å². The molecule has 0 aliphatic heterocycles. The van der Waals surface area contributed by atoms with Crippen molar-refractivity contribution in [2.24, 2.45) is 0 Å². The predicted octanol–water partition coefficient (Wildman–Crippen LogP) is 1.54. The van der Waals surface area contributed by atoms with E-state index in [1.165, 1.54) is 16.7 Å². The van der Waals surface area contributed by atoms with E-state index in [0.29, 0.717) is 5.01 Å². The van der Waals surface area contributed by atoms with Gasteiger partial charge < -0.3 is 15.2 Å². The summed E-state index contributed by atoms with van der Waals surface area (Å²) in [7, 11) is 0. The Morgan fingerprint density at radius 1 is 1.60 bits per heavy atom. The summed E-state index contributed by atoms with van der Waals surface area (Å²) < 4.78 is 5.00. The lowest BCUT2D eigenvalue weighted by atomic mass is 10.2. The number of rotatable bonds is 4. The molecule has 0 spiro atoms. The molecule has 1 heterocycles. The number of nitrogens with zero attached hydrogens (tertiary/aromatic N) is 2. The second-order valence-corrected chi connectivity index (χ2v) is 5.92. The van der Waals surface area contributed by atoms with Crippen LogP contribution in [0.25, 0.3) is 0 Å². The fourth-order valence-electron chi connectivity index (χ4n) is 1.28. The van der Waals surface area contributed by atoms with Crippen molar-refractivity contribution in [2.75, 3.05) is 0 Å². The van der Waals surface area contributed by atoms with Gasteiger partial charge in [0.05, 0.1) is 5.01 Å². The summed E-state index contributed by atoms with van der Waals surface area (Å²) in [6.07, 6.45) is -0.803. The van der Waals surface area contributed by atoms with E-state index in [1.54, 1.807) is 20.8 Å². The number of alkyl carbamates (subject to hydrolysis) is 1. The maximum Gasteiger partial charge on any atom is 0.408 e. The number of carbonyl (C=O) groups is 2. The van der Waals surface area contributed by atoms with Crippen LogP contribution in [0.5, 0.6) is 0 Å². The molecule has 0 aliphatic carbocycles. The fraction of sp³-hybridized carbons (Fsp3) is 0.500. The summed E-state index contributed by atoms with van der Waals surface area (Å²) in [6.45, 7) is 5.05. The number of nitriles is 1. The molecule has 0 fully saturated rings. The average molecular weight is 297 g/mol. The van der Waals surface area contributed by atoms with Gasteiger partial charge >= 0.3 is 12.1 Å². The van der Waals surface area contributed by atoms with Gasteiger partial charge in [-0.2, -0.15) is 5.26 Å². The third-order valence-electron chi connectivity index (χ3n) is 2.03. The lowest BCUT2D eigenvalue weighted by molar-refractivity contribution is -0.139. The van der Waals surface area contributed by atoms with Crippen LogP contribution < -0.4 is 5.32 Å². The number of aromatic nitrogens is 1. The molecule has 1 aromatic heterocycles. The molecule has 1 unspecified atom stereocenters. The molecule has 1 amide bonds. The monoisotopic (exact) mass is 297 g/mol. The number of ether oxygens (including phenoxy) is 1. The summed E-state index contributed by atoms with van der Waals surface area (Å²) in [5.41, 5.74) is -0.478. The van der Waals surface area contributed by atoms with E-state index in [1.807, 2.05) is 6.07 Å². The smallest absolute Gasteiger partial charge is 0.408 e. The molecule has 0 bridgehead atoms. The first-order valence-corrected chi connectivity index (χ1v) is 6.66. The van der Waals surface area contributed by atoms with E-state index < -0.39 is 23.7 Å².